The minimum atomic E-state index is 0.425. The van der Waals surface area contributed by atoms with Crippen molar-refractivity contribution in [1.29, 1.82) is 0 Å². The molecule has 4 heteroatoms. The lowest BCUT2D eigenvalue weighted by atomic mass is 10.0. The third kappa shape index (κ3) is 4.43. The van der Waals surface area contributed by atoms with Crippen LogP contribution in [-0.2, 0) is 13.1 Å². The maximum atomic E-state index is 4.41. The number of benzene rings is 1. The van der Waals surface area contributed by atoms with E-state index in [2.05, 4.69) is 70.2 Å². The number of piperidine rings is 1. The van der Waals surface area contributed by atoms with Gasteiger partial charge < -0.3 is 5.32 Å². The standard InChI is InChI=1S/C19H28N4/c1-16(2)23-19(8-11-21-23)14-20-18-9-12-22(13-10-18)15-17-6-4-3-5-7-17/h3-8,11,16,18,20H,9-10,12-15H2,1-2H3. The summed E-state index contributed by atoms with van der Waals surface area (Å²) >= 11 is 0. The van der Waals surface area contributed by atoms with Crippen molar-refractivity contribution in [2.45, 2.75) is 51.9 Å². The van der Waals surface area contributed by atoms with Gasteiger partial charge in [0.2, 0.25) is 0 Å². The number of likely N-dealkylation sites (tertiary alicyclic amines) is 1. The predicted molar refractivity (Wildman–Crippen MR) is 94.2 cm³/mol. The lowest BCUT2D eigenvalue weighted by molar-refractivity contribution is 0.189. The Bertz CT molecular complexity index is 582. The van der Waals surface area contributed by atoms with Crippen LogP contribution < -0.4 is 5.32 Å². The first-order valence-corrected chi connectivity index (χ1v) is 8.74. The van der Waals surface area contributed by atoms with Gasteiger partial charge in [0.1, 0.15) is 0 Å². The van der Waals surface area contributed by atoms with E-state index in [4.69, 9.17) is 0 Å². The summed E-state index contributed by atoms with van der Waals surface area (Å²) in [6, 6.07) is 13.9. The molecule has 124 valence electrons. The van der Waals surface area contributed by atoms with Crippen LogP contribution in [0.4, 0.5) is 0 Å². The average molecular weight is 312 g/mol. The van der Waals surface area contributed by atoms with E-state index in [0.29, 0.717) is 12.1 Å². The number of nitrogens with one attached hydrogen (secondary N) is 1. The Balaban J connectivity index is 1.43. The quantitative estimate of drug-likeness (QED) is 0.889. The molecule has 0 aliphatic carbocycles. The zero-order valence-corrected chi connectivity index (χ0v) is 14.3. The molecular formula is C19H28N4. The lowest BCUT2D eigenvalue weighted by Crippen LogP contribution is -2.42. The second-order valence-electron chi connectivity index (χ2n) is 6.78. The molecule has 0 amide bonds. The minimum absolute atomic E-state index is 0.425. The Morgan fingerprint density at radius 3 is 2.57 bits per heavy atom. The van der Waals surface area contributed by atoms with E-state index >= 15 is 0 Å². The second-order valence-corrected chi connectivity index (χ2v) is 6.78. The molecule has 2 aromatic rings. The summed E-state index contributed by atoms with van der Waals surface area (Å²) in [7, 11) is 0. The van der Waals surface area contributed by atoms with Gasteiger partial charge in [-0.05, 0) is 51.4 Å². The highest BCUT2D eigenvalue weighted by molar-refractivity contribution is 5.14. The molecule has 1 aromatic heterocycles. The molecule has 1 saturated heterocycles. The van der Waals surface area contributed by atoms with Crippen molar-refractivity contribution < 1.29 is 0 Å². The van der Waals surface area contributed by atoms with E-state index < -0.39 is 0 Å². The molecule has 1 N–H and O–H groups in total. The Morgan fingerprint density at radius 2 is 1.87 bits per heavy atom. The van der Waals surface area contributed by atoms with Crippen LogP contribution in [0.3, 0.4) is 0 Å². The van der Waals surface area contributed by atoms with Crippen LogP contribution in [0.15, 0.2) is 42.6 Å². The van der Waals surface area contributed by atoms with Crippen molar-refractivity contribution in [1.82, 2.24) is 20.0 Å². The third-order valence-corrected chi connectivity index (χ3v) is 4.65. The number of hydrogen-bond donors (Lipinski definition) is 1. The molecule has 0 spiro atoms. The molecule has 1 aliphatic heterocycles. The first kappa shape index (κ1) is 16.2. The Labute approximate surface area is 139 Å². The summed E-state index contributed by atoms with van der Waals surface area (Å²) in [5, 5.41) is 8.12. The van der Waals surface area contributed by atoms with Crippen LogP contribution in [0, 0.1) is 0 Å². The van der Waals surface area contributed by atoms with E-state index in [0.717, 1.165) is 13.1 Å². The van der Waals surface area contributed by atoms with Crippen LogP contribution in [0.25, 0.3) is 0 Å². The van der Waals surface area contributed by atoms with Gasteiger partial charge >= 0.3 is 0 Å². The molecule has 1 fully saturated rings. The Hall–Kier alpha value is -1.65. The van der Waals surface area contributed by atoms with E-state index in [9.17, 15) is 0 Å². The zero-order valence-electron chi connectivity index (χ0n) is 14.3. The molecule has 4 nitrogen and oxygen atoms in total. The highest BCUT2D eigenvalue weighted by Gasteiger charge is 2.19. The topological polar surface area (TPSA) is 33.1 Å². The van der Waals surface area contributed by atoms with Crippen LogP contribution in [0.2, 0.25) is 0 Å². The summed E-state index contributed by atoms with van der Waals surface area (Å²) in [6.07, 6.45) is 4.35. The van der Waals surface area contributed by atoms with Gasteiger partial charge in [-0.15, -0.1) is 0 Å². The van der Waals surface area contributed by atoms with E-state index in [1.54, 1.807) is 0 Å². The van der Waals surface area contributed by atoms with Gasteiger partial charge in [0, 0.05) is 31.4 Å². The SMILES string of the molecule is CC(C)n1nccc1CNC1CCN(Cc2ccccc2)CC1. The molecule has 0 bridgehead atoms. The van der Waals surface area contributed by atoms with Gasteiger partial charge in [-0.1, -0.05) is 30.3 Å². The molecule has 1 aliphatic rings. The lowest BCUT2D eigenvalue weighted by Gasteiger charge is -2.32. The van der Waals surface area contributed by atoms with Gasteiger partial charge in [-0.25, -0.2) is 0 Å². The van der Waals surface area contributed by atoms with Gasteiger partial charge in [0.15, 0.2) is 0 Å². The third-order valence-electron chi connectivity index (χ3n) is 4.65. The first-order valence-electron chi connectivity index (χ1n) is 8.74. The summed E-state index contributed by atoms with van der Waals surface area (Å²) in [4.78, 5) is 2.56. The summed E-state index contributed by atoms with van der Waals surface area (Å²) in [6.45, 7) is 8.71. The van der Waals surface area contributed by atoms with Crippen LogP contribution in [0.1, 0.15) is 44.0 Å². The molecule has 0 atom stereocenters. The van der Waals surface area contributed by atoms with Crippen LogP contribution >= 0.6 is 0 Å². The highest BCUT2D eigenvalue weighted by Crippen LogP contribution is 2.15. The molecule has 0 saturated carbocycles. The Morgan fingerprint density at radius 1 is 1.13 bits per heavy atom. The van der Waals surface area contributed by atoms with Crippen molar-refractivity contribution >= 4 is 0 Å². The maximum Gasteiger partial charge on any atom is 0.0525 e. The monoisotopic (exact) mass is 312 g/mol. The molecular weight excluding hydrogens is 284 g/mol. The van der Waals surface area contributed by atoms with Gasteiger partial charge in [0.25, 0.3) is 0 Å². The summed E-state index contributed by atoms with van der Waals surface area (Å²) < 4.78 is 2.11. The fourth-order valence-corrected chi connectivity index (χ4v) is 3.33. The van der Waals surface area contributed by atoms with Crippen molar-refractivity contribution in [3.05, 3.63) is 53.9 Å². The summed E-state index contributed by atoms with van der Waals surface area (Å²) in [5.74, 6) is 0. The normalized spacial score (nSPS) is 17.0. The van der Waals surface area contributed by atoms with Crippen molar-refractivity contribution in [2.24, 2.45) is 0 Å². The molecule has 23 heavy (non-hydrogen) atoms. The van der Waals surface area contributed by atoms with Crippen molar-refractivity contribution in [3.8, 4) is 0 Å². The molecule has 1 aromatic carbocycles. The van der Waals surface area contributed by atoms with E-state index in [1.807, 2.05) is 6.20 Å². The predicted octanol–water partition coefficient (Wildman–Crippen LogP) is 3.22. The van der Waals surface area contributed by atoms with Crippen molar-refractivity contribution in [2.75, 3.05) is 13.1 Å². The smallest absolute Gasteiger partial charge is 0.0525 e. The number of hydrogen-bond acceptors (Lipinski definition) is 3. The fourth-order valence-electron chi connectivity index (χ4n) is 3.33. The van der Waals surface area contributed by atoms with Crippen molar-refractivity contribution in [3.63, 3.8) is 0 Å². The fraction of sp³-hybridized carbons (Fsp3) is 0.526. The Kier molecular flexibility index (Phi) is 5.47. The number of rotatable bonds is 6. The van der Waals surface area contributed by atoms with Crippen LogP contribution in [-0.4, -0.2) is 33.8 Å². The molecule has 3 rings (SSSR count). The first-order chi connectivity index (χ1) is 11.2. The molecule has 2 heterocycles. The van der Waals surface area contributed by atoms with Gasteiger partial charge in [-0.3, -0.25) is 9.58 Å². The largest absolute Gasteiger partial charge is 0.308 e. The minimum Gasteiger partial charge on any atom is -0.308 e. The number of aromatic nitrogens is 2. The molecule has 0 unspecified atom stereocenters. The maximum absolute atomic E-state index is 4.41. The molecule has 0 radical (unpaired) electrons. The zero-order chi connectivity index (χ0) is 16.1. The second kappa shape index (κ2) is 7.75. The van der Waals surface area contributed by atoms with E-state index in [1.165, 1.54) is 37.2 Å². The van der Waals surface area contributed by atoms with Crippen LogP contribution in [0.5, 0.6) is 0 Å². The average Bonchev–Trinajstić information content (AvgIpc) is 3.04. The van der Waals surface area contributed by atoms with Gasteiger partial charge in [0.05, 0.1) is 5.69 Å². The summed E-state index contributed by atoms with van der Waals surface area (Å²) in [5.41, 5.74) is 2.70. The number of nitrogens with zero attached hydrogens (tertiary/aromatic N) is 3. The van der Waals surface area contributed by atoms with E-state index in [-0.39, 0.29) is 0 Å². The van der Waals surface area contributed by atoms with Gasteiger partial charge in [-0.2, -0.15) is 5.10 Å². The highest BCUT2D eigenvalue weighted by atomic mass is 15.3.